The van der Waals surface area contributed by atoms with E-state index in [0.29, 0.717) is 24.3 Å². The molecular weight excluding hydrogens is 392 g/mol. The molecule has 1 aromatic rings. The van der Waals surface area contributed by atoms with Crippen molar-refractivity contribution in [1.29, 1.82) is 0 Å². The van der Waals surface area contributed by atoms with Crippen molar-refractivity contribution in [2.75, 3.05) is 33.4 Å². The monoisotopic (exact) mass is 416 g/mol. The predicted molar refractivity (Wildman–Crippen MR) is 105 cm³/mol. The summed E-state index contributed by atoms with van der Waals surface area (Å²) in [5.41, 5.74) is 0. The van der Waals surface area contributed by atoms with Gasteiger partial charge in [0, 0.05) is 0 Å². The van der Waals surface area contributed by atoms with Crippen molar-refractivity contribution < 1.29 is 33.4 Å². The molecule has 1 aliphatic heterocycles. The van der Waals surface area contributed by atoms with Gasteiger partial charge in [0.05, 0.1) is 25.5 Å². The summed E-state index contributed by atoms with van der Waals surface area (Å²) in [4.78, 5) is 49.4. The number of carbonyl (C=O) groups is 4. The summed E-state index contributed by atoms with van der Waals surface area (Å²) in [5.74, 6) is -1.69. The Hall–Kier alpha value is -3.36. The third-order valence-electron chi connectivity index (χ3n) is 5.00. The number of benzene rings is 1. The van der Waals surface area contributed by atoms with Crippen molar-refractivity contribution in [3.8, 4) is 11.5 Å². The molecule has 160 valence electrons. The molecule has 30 heavy (non-hydrogen) atoms. The van der Waals surface area contributed by atoms with Gasteiger partial charge in [0.2, 0.25) is 11.8 Å². The Morgan fingerprint density at radius 3 is 2.33 bits per heavy atom. The summed E-state index contributed by atoms with van der Waals surface area (Å²) in [6.45, 7) is -0.575. The highest BCUT2D eigenvalue weighted by Gasteiger charge is 2.47. The van der Waals surface area contributed by atoms with E-state index in [1.165, 1.54) is 7.11 Å². The van der Waals surface area contributed by atoms with Gasteiger partial charge in [-0.15, -0.1) is 0 Å². The number of rotatable bonds is 9. The summed E-state index contributed by atoms with van der Waals surface area (Å²) < 4.78 is 15.6. The van der Waals surface area contributed by atoms with Gasteiger partial charge in [0.15, 0.2) is 18.1 Å². The van der Waals surface area contributed by atoms with Crippen LogP contribution >= 0.6 is 0 Å². The van der Waals surface area contributed by atoms with Crippen molar-refractivity contribution in [2.24, 2.45) is 11.8 Å². The minimum absolute atomic E-state index is 0.202. The molecule has 1 aliphatic carbocycles. The first kappa shape index (κ1) is 21.4. The van der Waals surface area contributed by atoms with Crippen LogP contribution in [0.15, 0.2) is 36.4 Å². The van der Waals surface area contributed by atoms with E-state index in [9.17, 15) is 19.2 Å². The van der Waals surface area contributed by atoms with Gasteiger partial charge in [-0.25, -0.2) is 0 Å². The number of hydrogen-bond acceptors (Lipinski definition) is 7. The third-order valence-corrected chi connectivity index (χ3v) is 5.00. The van der Waals surface area contributed by atoms with Crippen LogP contribution in [0.4, 0.5) is 0 Å². The second-order valence-electron chi connectivity index (χ2n) is 6.93. The molecule has 0 radical (unpaired) electrons. The van der Waals surface area contributed by atoms with Crippen LogP contribution < -0.4 is 14.8 Å². The second kappa shape index (κ2) is 9.91. The van der Waals surface area contributed by atoms with Gasteiger partial charge in [-0.2, -0.15) is 0 Å². The van der Waals surface area contributed by atoms with E-state index in [1.54, 1.807) is 18.2 Å². The number of nitrogens with zero attached hydrogens (tertiary/aromatic N) is 1. The normalized spacial score (nSPS) is 20.0. The minimum atomic E-state index is -0.802. The largest absolute Gasteiger partial charge is 0.493 e. The van der Waals surface area contributed by atoms with Gasteiger partial charge in [-0.3, -0.25) is 24.1 Å². The zero-order valence-corrected chi connectivity index (χ0v) is 16.7. The van der Waals surface area contributed by atoms with Gasteiger partial charge in [0.1, 0.15) is 13.2 Å². The molecule has 0 saturated carbocycles. The first-order valence-corrected chi connectivity index (χ1v) is 9.69. The zero-order valence-electron chi connectivity index (χ0n) is 16.7. The lowest BCUT2D eigenvalue weighted by Gasteiger charge is -2.14. The maximum absolute atomic E-state index is 12.3. The number of esters is 1. The Bertz CT molecular complexity index is 826. The molecule has 1 N–H and O–H groups in total. The minimum Gasteiger partial charge on any atom is -0.493 e. The van der Waals surface area contributed by atoms with Crippen LogP contribution in [-0.4, -0.2) is 62.0 Å². The SMILES string of the molecule is COc1ccccc1OCCNC(=O)COC(=O)CN1C(=O)[C@H]2CC=CC[C@@H]2C1=O. The van der Waals surface area contributed by atoms with Crippen LogP contribution in [0.1, 0.15) is 12.8 Å². The molecular formula is C21H24N2O7. The number of fused-ring (bicyclic) bond motifs is 1. The molecule has 9 nitrogen and oxygen atoms in total. The van der Waals surface area contributed by atoms with E-state index in [2.05, 4.69) is 5.32 Å². The second-order valence-corrected chi connectivity index (χ2v) is 6.93. The number of nitrogens with one attached hydrogen (secondary N) is 1. The number of imide groups is 1. The van der Waals surface area contributed by atoms with E-state index in [4.69, 9.17) is 14.2 Å². The number of allylic oxidation sites excluding steroid dienone is 2. The van der Waals surface area contributed by atoms with Gasteiger partial charge < -0.3 is 19.5 Å². The molecule has 0 aromatic heterocycles. The average Bonchev–Trinajstić information content (AvgIpc) is 3.00. The topological polar surface area (TPSA) is 111 Å². The standard InChI is InChI=1S/C21H24N2O7/c1-28-16-8-4-5-9-17(16)29-11-10-22-18(24)13-30-19(25)12-23-20(26)14-6-2-3-7-15(14)21(23)27/h2-5,8-9,14-15H,6-7,10-13H2,1H3,(H,22,24)/t14-,15-/m0/s1. The van der Waals surface area contributed by atoms with Crippen molar-refractivity contribution in [3.63, 3.8) is 0 Å². The Balaban J connectivity index is 1.35. The summed E-state index contributed by atoms with van der Waals surface area (Å²) in [5, 5.41) is 2.56. The van der Waals surface area contributed by atoms with Crippen LogP contribution in [0.3, 0.4) is 0 Å². The Kier molecular flexibility index (Phi) is 7.05. The fraction of sp³-hybridized carbons (Fsp3) is 0.429. The van der Waals surface area contributed by atoms with Gasteiger partial charge in [0.25, 0.3) is 5.91 Å². The first-order chi connectivity index (χ1) is 14.5. The molecule has 1 fully saturated rings. The van der Waals surface area contributed by atoms with Crippen molar-refractivity contribution in [2.45, 2.75) is 12.8 Å². The zero-order chi connectivity index (χ0) is 21.5. The number of amides is 3. The lowest BCUT2D eigenvalue weighted by molar-refractivity contribution is -0.154. The fourth-order valence-corrected chi connectivity index (χ4v) is 3.49. The Morgan fingerprint density at radius 2 is 1.70 bits per heavy atom. The maximum Gasteiger partial charge on any atom is 0.326 e. The van der Waals surface area contributed by atoms with Crippen LogP contribution in [0.25, 0.3) is 0 Å². The predicted octanol–water partition coefficient (Wildman–Crippen LogP) is 0.685. The molecule has 2 atom stereocenters. The van der Waals surface area contributed by atoms with Crippen LogP contribution in [-0.2, 0) is 23.9 Å². The summed E-state index contributed by atoms with van der Waals surface area (Å²) in [6.07, 6.45) is 4.74. The molecule has 2 aliphatic rings. The third kappa shape index (κ3) is 4.97. The number of likely N-dealkylation sites (tertiary alicyclic amines) is 1. The highest BCUT2D eigenvalue weighted by Crippen LogP contribution is 2.34. The van der Waals surface area contributed by atoms with E-state index in [0.717, 1.165) is 4.90 Å². The molecule has 1 heterocycles. The number of carbonyl (C=O) groups excluding carboxylic acids is 4. The van der Waals surface area contributed by atoms with Gasteiger partial charge in [-0.05, 0) is 25.0 Å². The summed E-state index contributed by atoms with van der Waals surface area (Å²) in [6, 6.07) is 7.12. The average molecular weight is 416 g/mol. The van der Waals surface area contributed by atoms with E-state index in [-0.39, 0.29) is 25.0 Å². The van der Waals surface area contributed by atoms with E-state index in [1.807, 2.05) is 18.2 Å². The number of para-hydroxylation sites is 2. The Morgan fingerprint density at radius 1 is 1.07 bits per heavy atom. The maximum atomic E-state index is 12.3. The lowest BCUT2D eigenvalue weighted by atomic mass is 9.85. The van der Waals surface area contributed by atoms with Crippen molar-refractivity contribution >= 4 is 23.7 Å². The number of ether oxygens (including phenoxy) is 3. The van der Waals surface area contributed by atoms with Crippen LogP contribution in [0.5, 0.6) is 11.5 Å². The molecule has 3 amide bonds. The van der Waals surface area contributed by atoms with Crippen molar-refractivity contribution in [1.82, 2.24) is 10.2 Å². The van der Waals surface area contributed by atoms with Crippen LogP contribution in [0, 0.1) is 11.8 Å². The number of hydrogen-bond donors (Lipinski definition) is 1. The van der Waals surface area contributed by atoms with Gasteiger partial charge in [-0.1, -0.05) is 24.3 Å². The van der Waals surface area contributed by atoms with E-state index >= 15 is 0 Å². The lowest BCUT2D eigenvalue weighted by Crippen LogP contribution is -2.38. The number of methoxy groups -OCH3 is 1. The molecule has 0 spiro atoms. The summed E-state index contributed by atoms with van der Waals surface area (Å²) >= 11 is 0. The fourth-order valence-electron chi connectivity index (χ4n) is 3.49. The van der Waals surface area contributed by atoms with Crippen molar-refractivity contribution in [3.05, 3.63) is 36.4 Å². The highest BCUT2D eigenvalue weighted by molar-refractivity contribution is 6.07. The molecule has 9 heteroatoms. The van der Waals surface area contributed by atoms with Gasteiger partial charge >= 0.3 is 5.97 Å². The van der Waals surface area contributed by atoms with Crippen LogP contribution in [0.2, 0.25) is 0 Å². The molecule has 1 aromatic carbocycles. The molecule has 3 rings (SSSR count). The molecule has 1 saturated heterocycles. The summed E-state index contributed by atoms with van der Waals surface area (Å²) in [7, 11) is 1.53. The van der Waals surface area contributed by atoms with E-state index < -0.39 is 36.9 Å². The first-order valence-electron chi connectivity index (χ1n) is 9.69. The molecule has 0 unspecified atom stereocenters. The smallest absolute Gasteiger partial charge is 0.326 e. The molecule has 0 bridgehead atoms. The quantitative estimate of drug-likeness (QED) is 0.273. The Labute approximate surface area is 174 Å². The highest BCUT2D eigenvalue weighted by atomic mass is 16.5.